The van der Waals surface area contributed by atoms with Crippen LogP contribution in [0.1, 0.15) is 54.5 Å². The molecule has 0 aliphatic carbocycles. The molecule has 0 saturated carbocycles. The lowest BCUT2D eigenvalue weighted by molar-refractivity contribution is 0.214. The van der Waals surface area contributed by atoms with Crippen LogP contribution < -0.4 is 0 Å². The van der Waals surface area contributed by atoms with Crippen LogP contribution in [0.2, 0.25) is 0 Å². The van der Waals surface area contributed by atoms with Crippen LogP contribution >= 0.6 is 0 Å². The second kappa shape index (κ2) is 6.35. The minimum Gasteiger partial charge on any atom is -0.384 e. The van der Waals surface area contributed by atoms with Crippen molar-refractivity contribution in [2.75, 3.05) is 0 Å². The van der Waals surface area contributed by atoms with Gasteiger partial charge in [0.25, 0.3) is 0 Å². The monoisotopic (exact) mass is 290 g/mol. The molecule has 0 heterocycles. The van der Waals surface area contributed by atoms with Gasteiger partial charge in [-0.3, -0.25) is 0 Å². The van der Waals surface area contributed by atoms with E-state index in [0.29, 0.717) is 17.0 Å². The van der Waals surface area contributed by atoms with Gasteiger partial charge < -0.3 is 5.11 Å². The van der Waals surface area contributed by atoms with Crippen LogP contribution in [0.3, 0.4) is 0 Å². The Morgan fingerprint density at radius 2 is 1.57 bits per heavy atom. The van der Waals surface area contributed by atoms with Gasteiger partial charge in [-0.1, -0.05) is 38.1 Å². The van der Waals surface area contributed by atoms with Crippen molar-refractivity contribution in [1.29, 1.82) is 0 Å². The van der Waals surface area contributed by atoms with E-state index in [2.05, 4.69) is 13.8 Å². The van der Waals surface area contributed by atoms with Crippen LogP contribution in [0, 0.1) is 18.6 Å². The Balaban J connectivity index is 2.32. The molecule has 0 bridgehead atoms. The van der Waals surface area contributed by atoms with E-state index in [-0.39, 0.29) is 5.56 Å². The molecule has 2 atom stereocenters. The van der Waals surface area contributed by atoms with Crippen LogP contribution in [-0.4, -0.2) is 5.11 Å². The molecular weight excluding hydrogens is 270 g/mol. The molecule has 21 heavy (non-hydrogen) atoms. The molecule has 0 radical (unpaired) electrons. The standard InChI is InChI=1S/C18H20F2O/c1-4-11(2)13-5-7-14(8-6-13)18(21)15-9-12(3)16(19)10-17(15)20/h5-11,18,21H,4H2,1-3H3. The van der Waals surface area contributed by atoms with Crippen molar-refractivity contribution in [3.63, 3.8) is 0 Å². The molecule has 1 nitrogen and oxygen atoms in total. The molecule has 0 amide bonds. The predicted octanol–water partition coefficient (Wildman–Crippen LogP) is 4.87. The smallest absolute Gasteiger partial charge is 0.132 e. The topological polar surface area (TPSA) is 20.2 Å². The minimum absolute atomic E-state index is 0.102. The quantitative estimate of drug-likeness (QED) is 0.852. The molecule has 0 aliphatic heterocycles. The van der Waals surface area contributed by atoms with Crippen molar-refractivity contribution < 1.29 is 13.9 Å². The molecule has 0 spiro atoms. The molecular formula is C18H20F2O. The Kier molecular flexibility index (Phi) is 4.73. The lowest BCUT2D eigenvalue weighted by Gasteiger charge is -2.15. The van der Waals surface area contributed by atoms with E-state index in [1.165, 1.54) is 11.6 Å². The highest BCUT2D eigenvalue weighted by Gasteiger charge is 2.17. The first-order chi connectivity index (χ1) is 9.93. The highest BCUT2D eigenvalue weighted by Crippen LogP contribution is 2.28. The average Bonchev–Trinajstić information content (AvgIpc) is 2.49. The third-order valence-electron chi connectivity index (χ3n) is 4.01. The van der Waals surface area contributed by atoms with Gasteiger partial charge in [0.15, 0.2) is 0 Å². The van der Waals surface area contributed by atoms with Gasteiger partial charge in [0.1, 0.15) is 17.7 Å². The molecule has 0 fully saturated rings. The Labute approximate surface area is 124 Å². The molecule has 0 aromatic heterocycles. The summed E-state index contributed by atoms with van der Waals surface area (Å²) in [4.78, 5) is 0. The summed E-state index contributed by atoms with van der Waals surface area (Å²) in [5, 5.41) is 10.3. The number of rotatable bonds is 4. The molecule has 0 saturated heterocycles. The van der Waals surface area contributed by atoms with E-state index in [4.69, 9.17) is 0 Å². The zero-order valence-corrected chi connectivity index (χ0v) is 12.5. The van der Waals surface area contributed by atoms with Gasteiger partial charge in [0.05, 0.1) is 0 Å². The maximum Gasteiger partial charge on any atom is 0.132 e. The summed E-state index contributed by atoms with van der Waals surface area (Å²) in [5.74, 6) is -0.881. The average molecular weight is 290 g/mol. The largest absolute Gasteiger partial charge is 0.384 e. The molecule has 3 heteroatoms. The van der Waals surface area contributed by atoms with Crippen molar-refractivity contribution >= 4 is 0 Å². The van der Waals surface area contributed by atoms with E-state index in [9.17, 15) is 13.9 Å². The van der Waals surface area contributed by atoms with Gasteiger partial charge in [0, 0.05) is 11.6 Å². The number of halogens is 2. The van der Waals surface area contributed by atoms with Gasteiger partial charge in [-0.05, 0) is 42.0 Å². The van der Waals surface area contributed by atoms with Crippen LogP contribution in [0.25, 0.3) is 0 Å². The minimum atomic E-state index is -1.09. The maximum atomic E-state index is 13.8. The summed E-state index contributed by atoms with van der Waals surface area (Å²) < 4.78 is 27.1. The normalized spacial score (nSPS) is 14.0. The summed E-state index contributed by atoms with van der Waals surface area (Å²) in [5.41, 5.74) is 2.21. The first kappa shape index (κ1) is 15.6. The number of aryl methyl sites for hydroxylation is 1. The number of hydrogen-bond donors (Lipinski definition) is 1. The summed E-state index contributed by atoms with van der Waals surface area (Å²) in [7, 11) is 0. The third-order valence-corrected chi connectivity index (χ3v) is 4.01. The second-order valence-electron chi connectivity index (χ2n) is 5.50. The van der Waals surface area contributed by atoms with Gasteiger partial charge in [-0.15, -0.1) is 0 Å². The lowest BCUT2D eigenvalue weighted by atomic mass is 9.94. The van der Waals surface area contributed by atoms with Crippen molar-refractivity contribution in [2.45, 2.75) is 39.2 Å². The van der Waals surface area contributed by atoms with Crippen molar-refractivity contribution in [2.24, 2.45) is 0 Å². The van der Waals surface area contributed by atoms with Crippen LogP contribution in [0.4, 0.5) is 8.78 Å². The van der Waals surface area contributed by atoms with E-state index in [1.54, 1.807) is 19.1 Å². The van der Waals surface area contributed by atoms with Gasteiger partial charge in [-0.25, -0.2) is 8.78 Å². The molecule has 2 aromatic carbocycles. The molecule has 0 aliphatic rings. The zero-order chi connectivity index (χ0) is 15.6. The first-order valence-electron chi connectivity index (χ1n) is 7.17. The van der Waals surface area contributed by atoms with Gasteiger partial charge in [-0.2, -0.15) is 0 Å². The molecule has 1 N–H and O–H groups in total. The highest BCUT2D eigenvalue weighted by atomic mass is 19.1. The van der Waals surface area contributed by atoms with Gasteiger partial charge in [0.2, 0.25) is 0 Å². The van der Waals surface area contributed by atoms with E-state index in [0.717, 1.165) is 12.5 Å². The lowest BCUT2D eigenvalue weighted by Crippen LogP contribution is -2.04. The second-order valence-corrected chi connectivity index (χ2v) is 5.50. The number of aliphatic hydroxyl groups excluding tert-OH is 1. The van der Waals surface area contributed by atoms with Crippen molar-refractivity contribution in [3.8, 4) is 0 Å². The summed E-state index contributed by atoms with van der Waals surface area (Å²) >= 11 is 0. The fourth-order valence-electron chi connectivity index (χ4n) is 2.31. The van der Waals surface area contributed by atoms with Crippen LogP contribution in [0.15, 0.2) is 36.4 Å². The predicted molar refractivity (Wildman–Crippen MR) is 80.3 cm³/mol. The highest BCUT2D eigenvalue weighted by molar-refractivity contribution is 5.35. The number of hydrogen-bond acceptors (Lipinski definition) is 1. The zero-order valence-electron chi connectivity index (χ0n) is 12.5. The van der Waals surface area contributed by atoms with E-state index >= 15 is 0 Å². The Morgan fingerprint density at radius 3 is 2.14 bits per heavy atom. The summed E-state index contributed by atoms with van der Waals surface area (Å²) in [6, 6.07) is 9.66. The van der Waals surface area contributed by atoms with Gasteiger partial charge >= 0.3 is 0 Å². The van der Waals surface area contributed by atoms with Crippen LogP contribution in [0.5, 0.6) is 0 Å². The molecule has 2 rings (SSSR count). The fraction of sp³-hybridized carbons (Fsp3) is 0.333. The SMILES string of the molecule is CCC(C)c1ccc(C(O)c2cc(C)c(F)cc2F)cc1. The summed E-state index contributed by atoms with van der Waals surface area (Å²) in [6.45, 7) is 5.80. The van der Waals surface area contributed by atoms with Crippen LogP contribution in [-0.2, 0) is 0 Å². The van der Waals surface area contributed by atoms with E-state index in [1.807, 2.05) is 12.1 Å². The van der Waals surface area contributed by atoms with Crippen molar-refractivity contribution in [1.82, 2.24) is 0 Å². The number of benzene rings is 2. The Hall–Kier alpha value is -1.74. The van der Waals surface area contributed by atoms with E-state index < -0.39 is 17.7 Å². The van der Waals surface area contributed by atoms with Crippen molar-refractivity contribution in [3.05, 3.63) is 70.3 Å². The third kappa shape index (κ3) is 3.30. The Bertz CT molecular complexity index is 620. The summed E-state index contributed by atoms with van der Waals surface area (Å²) in [6.07, 6.45) is -0.0523. The first-order valence-corrected chi connectivity index (χ1v) is 7.17. The molecule has 2 aromatic rings. The Morgan fingerprint density at radius 1 is 1.00 bits per heavy atom. The fourth-order valence-corrected chi connectivity index (χ4v) is 2.31. The maximum absolute atomic E-state index is 13.8. The molecule has 112 valence electrons. The molecule has 2 unspecified atom stereocenters. The number of aliphatic hydroxyl groups is 1.